The van der Waals surface area contributed by atoms with Gasteiger partial charge in [-0.1, -0.05) is 0 Å². The van der Waals surface area contributed by atoms with Crippen LogP contribution >= 0.6 is 12.4 Å². The highest BCUT2D eigenvalue weighted by atomic mass is 35.5. The number of hydrogen-bond acceptors (Lipinski definition) is 3. The van der Waals surface area contributed by atoms with E-state index in [-0.39, 0.29) is 24.9 Å². The molecule has 0 radical (unpaired) electrons. The third-order valence-corrected chi connectivity index (χ3v) is 0.818. The van der Waals surface area contributed by atoms with Crippen LogP contribution in [0.4, 0.5) is 0 Å². The molecule has 5 heteroatoms. The van der Waals surface area contributed by atoms with Gasteiger partial charge in [-0.05, 0) is 0 Å². The molecule has 4 nitrogen and oxygen atoms in total. The van der Waals surface area contributed by atoms with E-state index in [1.54, 1.807) is 0 Å². The zero-order chi connectivity index (χ0) is 7.28. The molecule has 0 unspecified atom stereocenters. The van der Waals surface area contributed by atoms with Gasteiger partial charge in [-0.25, -0.2) is 0 Å². The molecule has 62 valence electrons. The number of nitrogens with two attached hydrogens (primary N) is 1. The normalized spacial score (nSPS) is 11.8. The summed E-state index contributed by atoms with van der Waals surface area (Å²) in [6.45, 7) is 0.298. The molecular formula is C5H12ClNO3. The fraction of sp³-hybridized carbons (Fsp3) is 0.800. The molecular weight excluding hydrogens is 158 g/mol. The molecule has 0 saturated heterocycles. The van der Waals surface area contributed by atoms with Gasteiger partial charge < -0.3 is 15.6 Å². The number of carboxylic acids is 1. The maximum atomic E-state index is 9.95. The number of ether oxygens (including phenoxy) is 1. The average Bonchev–Trinajstić information content (AvgIpc) is 1.63. The Morgan fingerprint density at radius 1 is 1.80 bits per heavy atom. The minimum Gasteiger partial charge on any atom is -0.481 e. The van der Waals surface area contributed by atoms with Crippen LogP contribution in [0, 0.1) is 0 Å². The monoisotopic (exact) mass is 169 g/mol. The lowest BCUT2D eigenvalue weighted by Gasteiger charge is -2.04. The topological polar surface area (TPSA) is 72.5 Å². The maximum Gasteiger partial charge on any atom is 0.305 e. The van der Waals surface area contributed by atoms with Crippen LogP contribution in [-0.4, -0.2) is 30.8 Å². The Morgan fingerprint density at radius 2 is 2.30 bits per heavy atom. The van der Waals surface area contributed by atoms with E-state index in [0.29, 0.717) is 6.61 Å². The van der Waals surface area contributed by atoms with Crippen molar-refractivity contribution in [1.29, 1.82) is 0 Å². The van der Waals surface area contributed by atoms with Crippen molar-refractivity contribution >= 4 is 18.4 Å². The van der Waals surface area contributed by atoms with Gasteiger partial charge in [-0.2, -0.15) is 0 Å². The lowest BCUT2D eigenvalue weighted by Crippen LogP contribution is -2.28. The van der Waals surface area contributed by atoms with E-state index in [0.717, 1.165) is 0 Å². The van der Waals surface area contributed by atoms with Crippen molar-refractivity contribution in [3.63, 3.8) is 0 Å². The summed E-state index contributed by atoms with van der Waals surface area (Å²) in [6.07, 6.45) is -0.0339. The Hall–Kier alpha value is -0.320. The molecule has 0 spiro atoms. The third-order valence-electron chi connectivity index (χ3n) is 0.818. The predicted molar refractivity (Wildman–Crippen MR) is 39.4 cm³/mol. The first-order valence-corrected chi connectivity index (χ1v) is 2.63. The molecule has 10 heavy (non-hydrogen) atoms. The number of hydrogen-bond donors (Lipinski definition) is 2. The van der Waals surface area contributed by atoms with Crippen LogP contribution in [-0.2, 0) is 9.53 Å². The van der Waals surface area contributed by atoms with Crippen LogP contribution in [0.25, 0.3) is 0 Å². The predicted octanol–water partition coefficient (Wildman–Crippen LogP) is -0.143. The van der Waals surface area contributed by atoms with Gasteiger partial charge >= 0.3 is 5.97 Å². The summed E-state index contributed by atoms with van der Waals surface area (Å²) in [5, 5.41) is 8.17. The summed E-state index contributed by atoms with van der Waals surface area (Å²) < 4.78 is 4.62. The SMILES string of the molecule is COC[C@@H](N)CC(=O)O.Cl. The summed E-state index contributed by atoms with van der Waals surface area (Å²) in [5.74, 6) is -0.889. The smallest absolute Gasteiger partial charge is 0.305 e. The van der Waals surface area contributed by atoms with E-state index in [4.69, 9.17) is 10.8 Å². The second kappa shape index (κ2) is 6.80. The largest absolute Gasteiger partial charge is 0.481 e. The summed E-state index contributed by atoms with van der Waals surface area (Å²) in [5.41, 5.74) is 5.28. The molecule has 0 bridgehead atoms. The van der Waals surface area contributed by atoms with Crippen LogP contribution in [0.2, 0.25) is 0 Å². The number of aliphatic carboxylic acids is 1. The molecule has 0 aliphatic heterocycles. The van der Waals surface area contributed by atoms with Crippen molar-refractivity contribution in [3.05, 3.63) is 0 Å². The van der Waals surface area contributed by atoms with E-state index in [1.807, 2.05) is 0 Å². The molecule has 1 atom stereocenters. The van der Waals surface area contributed by atoms with Crippen molar-refractivity contribution in [1.82, 2.24) is 0 Å². The highest BCUT2D eigenvalue weighted by Gasteiger charge is 2.05. The zero-order valence-electron chi connectivity index (χ0n) is 5.74. The molecule has 0 saturated carbocycles. The molecule has 0 aliphatic carbocycles. The third kappa shape index (κ3) is 7.68. The van der Waals surface area contributed by atoms with E-state index in [1.165, 1.54) is 7.11 Å². The van der Waals surface area contributed by atoms with Gasteiger partial charge in [0.05, 0.1) is 13.0 Å². The Labute approximate surface area is 65.8 Å². The average molecular weight is 170 g/mol. The molecule has 0 fully saturated rings. The molecule has 0 rings (SSSR count). The van der Waals surface area contributed by atoms with Gasteiger partial charge in [-0.15, -0.1) is 12.4 Å². The van der Waals surface area contributed by atoms with Crippen molar-refractivity contribution in [2.45, 2.75) is 12.5 Å². The molecule has 0 aromatic heterocycles. The lowest BCUT2D eigenvalue weighted by molar-refractivity contribution is -0.137. The summed E-state index contributed by atoms with van der Waals surface area (Å²) >= 11 is 0. The van der Waals surface area contributed by atoms with E-state index in [2.05, 4.69) is 4.74 Å². The number of rotatable bonds is 4. The van der Waals surface area contributed by atoms with Crippen LogP contribution in [0.5, 0.6) is 0 Å². The van der Waals surface area contributed by atoms with Crippen LogP contribution < -0.4 is 5.73 Å². The minimum absolute atomic E-state index is 0. The molecule has 0 aliphatic rings. The number of carbonyl (C=O) groups is 1. The van der Waals surface area contributed by atoms with Crippen molar-refractivity contribution in [2.24, 2.45) is 5.73 Å². The first-order valence-electron chi connectivity index (χ1n) is 2.63. The van der Waals surface area contributed by atoms with Crippen LogP contribution in [0.1, 0.15) is 6.42 Å². The quantitative estimate of drug-likeness (QED) is 0.614. The second-order valence-electron chi connectivity index (χ2n) is 1.81. The first kappa shape index (κ1) is 12.4. The van der Waals surface area contributed by atoms with Gasteiger partial charge in [-0.3, -0.25) is 4.79 Å². The van der Waals surface area contributed by atoms with E-state index < -0.39 is 5.97 Å². The summed E-state index contributed by atoms with van der Waals surface area (Å²) in [4.78, 5) is 9.95. The highest BCUT2D eigenvalue weighted by molar-refractivity contribution is 5.85. The Morgan fingerprint density at radius 3 is 2.60 bits per heavy atom. The second-order valence-corrected chi connectivity index (χ2v) is 1.81. The molecule has 0 heterocycles. The standard InChI is InChI=1S/C5H11NO3.ClH/c1-9-3-4(6)2-5(7)8;/h4H,2-3,6H2,1H3,(H,7,8);1H/t4-;/m0./s1. The van der Waals surface area contributed by atoms with Gasteiger partial charge in [0.2, 0.25) is 0 Å². The summed E-state index contributed by atoms with van der Waals surface area (Å²) in [7, 11) is 1.49. The molecule has 0 aromatic rings. The van der Waals surface area contributed by atoms with Crippen molar-refractivity contribution < 1.29 is 14.6 Å². The van der Waals surface area contributed by atoms with Crippen LogP contribution in [0.3, 0.4) is 0 Å². The molecule has 0 aromatic carbocycles. The van der Waals surface area contributed by atoms with Gasteiger partial charge in [0.15, 0.2) is 0 Å². The first-order chi connectivity index (χ1) is 4.16. The zero-order valence-corrected chi connectivity index (χ0v) is 6.56. The number of halogens is 1. The van der Waals surface area contributed by atoms with Gasteiger partial charge in [0.25, 0.3) is 0 Å². The van der Waals surface area contributed by atoms with Crippen molar-refractivity contribution in [3.8, 4) is 0 Å². The summed E-state index contributed by atoms with van der Waals surface area (Å²) in [6, 6.07) is -0.382. The molecule has 3 N–H and O–H groups in total. The lowest BCUT2D eigenvalue weighted by atomic mass is 10.2. The maximum absolute atomic E-state index is 9.95. The Bertz CT molecular complexity index is 98.9. The molecule has 0 amide bonds. The fourth-order valence-corrected chi connectivity index (χ4v) is 0.497. The van der Waals surface area contributed by atoms with Gasteiger partial charge in [0, 0.05) is 13.2 Å². The van der Waals surface area contributed by atoms with Gasteiger partial charge in [0.1, 0.15) is 0 Å². The highest BCUT2D eigenvalue weighted by Crippen LogP contribution is 1.86. The Balaban J connectivity index is 0. The Kier molecular flexibility index (Phi) is 8.40. The number of carboxylic acid groups (broad SMARTS) is 1. The van der Waals surface area contributed by atoms with E-state index in [9.17, 15) is 4.79 Å². The van der Waals surface area contributed by atoms with E-state index >= 15 is 0 Å². The minimum atomic E-state index is -0.889. The van der Waals surface area contributed by atoms with Crippen molar-refractivity contribution in [2.75, 3.05) is 13.7 Å². The number of methoxy groups -OCH3 is 1. The fourth-order valence-electron chi connectivity index (χ4n) is 0.497. The van der Waals surface area contributed by atoms with Crippen LogP contribution in [0.15, 0.2) is 0 Å².